The highest BCUT2D eigenvalue weighted by atomic mass is 16.3. The molecule has 0 aliphatic heterocycles. The van der Waals surface area contributed by atoms with E-state index >= 15 is 0 Å². The van der Waals surface area contributed by atoms with Crippen LogP contribution in [0.1, 0.15) is 31.9 Å². The van der Waals surface area contributed by atoms with Gasteiger partial charge in [0, 0.05) is 24.7 Å². The normalized spacial score (nSPS) is 13.6. The molecule has 1 aromatic rings. The quantitative estimate of drug-likeness (QED) is 0.660. The van der Waals surface area contributed by atoms with Crippen molar-refractivity contribution >= 4 is 11.6 Å². The van der Waals surface area contributed by atoms with Crippen molar-refractivity contribution in [2.45, 2.75) is 32.4 Å². The summed E-state index contributed by atoms with van der Waals surface area (Å²) in [5.41, 5.74) is 1.56. The smallest absolute Gasteiger partial charge is 0.224 e. The standard InChI is InChI=1S/C15H22N2O2/c1-4-10-16-11(3)15(19)12-6-8-13(9-7-12)17-14(18)5-2/h4,6-9,11,15-16,19H,1,5,10H2,2-3H3,(H,17,18). The average Bonchev–Trinajstić information content (AvgIpc) is 2.44. The summed E-state index contributed by atoms with van der Waals surface area (Å²) >= 11 is 0. The number of nitrogens with one attached hydrogen (secondary N) is 2. The van der Waals surface area contributed by atoms with Gasteiger partial charge in [-0.1, -0.05) is 25.1 Å². The molecule has 0 bridgehead atoms. The molecule has 1 amide bonds. The number of rotatable bonds is 7. The van der Waals surface area contributed by atoms with Gasteiger partial charge in [-0.2, -0.15) is 0 Å². The highest BCUT2D eigenvalue weighted by Crippen LogP contribution is 2.19. The van der Waals surface area contributed by atoms with Gasteiger partial charge in [-0.25, -0.2) is 0 Å². The Hall–Kier alpha value is -1.65. The van der Waals surface area contributed by atoms with E-state index in [9.17, 15) is 9.90 Å². The van der Waals surface area contributed by atoms with Crippen LogP contribution in [-0.2, 0) is 4.79 Å². The largest absolute Gasteiger partial charge is 0.387 e. The molecule has 0 radical (unpaired) electrons. The van der Waals surface area contributed by atoms with Crippen molar-refractivity contribution in [1.29, 1.82) is 0 Å². The van der Waals surface area contributed by atoms with Crippen LogP contribution in [0.4, 0.5) is 5.69 Å². The van der Waals surface area contributed by atoms with E-state index in [4.69, 9.17) is 0 Å². The van der Waals surface area contributed by atoms with Gasteiger partial charge in [-0.15, -0.1) is 6.58 Å². The Labute approximate surface area is 114 Å². The first-order valence-electron chi connectivity index (χ1n) is 6.50. The molecule has 2 atom stereocenters. The summed E-state index contributed by atoms with van der Waals surface area (Å²) in [5.74, 6) is -0.0192. The Kier molecular flexibility index (Phi) is 6.25. The van der Waals surface area contributed by atoms with E-state index in [-0.39, 0.29) is 11.9 Å². The molecule has 0 fully saturated rings. The summed E-state index contributed by atoms with van der Waals surface area (Å²) < 4.78 is 0. The molecule has 0 saturated carbocycles. The first kappa shape index (κ1) is 15.4. The number of anilines is 1. The van der Waals surface area contributed by atoms with Gasteiger partial charge >= 0.3 is 0 Å². The Morgan fingerprint density at radius 1 is 1.42 bits per heavy atom. The number of benzene rings is 1. The molecule has 19 heavy (non-hydrogen) atoms. The van der Waals surface area contributed by atoms with E-state index in [0.717, 1.165) is 11.3 Å². The molecule has 0 aliphatic rings. The third-order valence-corrected chi connectivity index (χ3v) is 2.91. The molecular formula is C15H22N2O2. The van der Waals surface area contributed by atoms with Crippen molar-refractivity contribution in [3.63, 3.8) is 0 Å². The lowest BCUT2D eigenvalue weighted by molar-refractivity contribution is -0.115. The van der Waals surface area contributed by atoms with Crippen LogP contribution in [0.25, 0.3) is 0 Å². The molecule has 4 nitrogen and oxygen atoms in total. The molecule has 0 spiro atoms. The fraction of sp³-hybridized carbons (Fsp3) is 0.400. The van der Waals surface area contributed by atoms with E-state index in [1.807, 2.05) is 19.1 Å². The van der Waals surface area contributed by atoms with E-state index < -0.39 is 6.10 Å². The molecule has 4 heteroatoms. The van der Waals surface area contributed by atoms with Crippen LogP contribution >= 0.6 is 0 Å². The lowest BCUT2D eigenvalue weighted by Gasteiger charge is -2.20. The third kappa shape index (κ3) is 4.85. The summed E-state index contributed by atoms with van der Waals surface area (Å²) in [6, 6.07) is 7.18. The zero-order chi connectivity index (χ0) is 14.3. The molecule has 1 aromatic carbocycles. The van der Waals surface area contributed by atoms with Gasteiger partial charge in [0.15, 0.2) is 0 Å². The Morgan fingerprint density at radius 3 is 2.58 bits per heavy atom. The van der Waals surface area contributed by atoms with Crippen molar-refractivity contribution in [3.8, 4) is 0 Å². The van der Waals surface area contributed by atoms with Gasteiger partial charge in [0.1, 0.15) is 0 Å². The Balaban J connectivity index is 2.64. The minimum atomic E-state index is -0.587. The van der Waals surface area contributed by atoms with Crippen LogP contribution in [0.3, 0.4) is 0 Å². The first-order valence-corrected chi connectivity index (χ1v) is 6.50. The maximum atomic E-state index is 11.2. The molecule has 3 N–H and O–H groups in total. The second kappa shape index (κ2) is 7.71. The zero-order valence-corrected chi connectivity index (χ0v) is 11.5. The predicted molar refractivity (Wildman–Crippen MR) is 78.0 cm³/mol. The minimum absolute atomic E-state index is 0.0192. The Bertz CT molecular complexity index is 415. The summed E-state index contributed by atoms with van der Waals surface area (Å²) in [5, 5.41) is 16.1. The second-order valence-corrected chi connectivity index (χ2v) is 4.45. The number of amides is 1. The average molecular weight is 262 g/mol. The molecule has 0 heterocycles. The predicted octanol–water partition coefficient (Wildman–Crippen LogP) is 2.23. The van der Waals surface area contributed by atoms with Crippen molar-refractivity contribution in [2.24, 2.45) is 0 Å². The molecule has 0 saturated heterocycles. The lowest BCUT2D eigenvalue weighted by Crippen LogP contribution is -2.32. The number of hydrogen-bond acceptors (Lipinski definition) is 3. The third-order valence-electron chi connectivity index (χ3n) is 2.91. The van der Waals surface area contributed by atoms with Gasteiger partial charge < -0.3 is 15.7 Å². The molecule has 0 aromatic heterocycles. The van der Waals surface area contributed by atoms with Gasteiger partial charge in [-0.3, -0.25) is 4.79 Å². The van der Waals surface area contributed by atoms with Gasteiger partial charge in [0.25, 0.3) is 0 Å². The van der Waals surface area contributed by atoms with Crippen molar-refractivity contribution in [1.82, 2.24) is 5.32 Å². The number of aliphatic hydroxyl groups is 1. The number of hydrogen-bond donors (Lipinski definition) is 3. The van der Waals surface area contributed by atoms with Crippen LogP contribution in [0.5, 0.6) is 0 Å². The van der Waals surface area contributed by atoms with Crippen LogP contribution in [0.15, 0.2) is 36.9 Å². The number of carbonyl (C=O) groups is 1. The van der Waals surface area contributed by atoms with E-state index in [1.54, 1.807) is 25.1 Å². The summed E-state index contributed by atoms with van der Waals surface area (Å²) in [6.07, 6.45) is 1.62. The van der Waals surface area contributed by atoms with Gasteiger partial charge in [0.05, 0.1) is 6.10 Å². The molecule has 2 unspecified atom stereocenters. The van der Waals surface area contributed by atoms with E-state index in [0.29, 0.717) is 13.0 Å². The molecule has 1 rings (SSSR count). The topological polar surface area (TPSA) is 61.4 Å². The fourth-order valence-electron chi connectivity index (χ4n) is 1.68. The molecule has 0 aliphatic carbocycles. The van der Waals surface area contributed by atoms with Crippen LogP contribution in [-0.4, -0.2) is 23.6 Å². The highest BCUT2D eigenvalue weighted by Gasteiger charge is 2.15. The molecular weight excluding hydrogens is 240 g/mol. The maximum Gasteiger partial charge on any atom is 0.224 e. The van der Waals surface area contributed by atoms with Crippen molar-refractivity contribution in [3.05, 3.63) is 42.5 Å². The van der Waals surface area contributed by atoms with E-state index in [2.05, 4.69) is 17.2 Å². The maximum absolute atomic E-state index is 11.2. The lowest BCUT2D eigenvalue weighted by atomic mass is 10.0. The Morgan fingerprint density at radius 2 is 2.05 bits per heavy atom. The minimum Gasteiger partial charge on any atom is -0.387 e. The monoisotopic (exact) mass is 262 g/mol. The first-order chi connectivity index (χ1) is 9.08. The van der Waals surface area contributed by atoms with Crippen LogP contribution < -0.4 is 10.6 Å². The second-order valence-electron chi connectivity index (χ2n) is 4.45. The highest BCUT2D eigenvalue weighted by molar-refractivity contribution is 5.90. The SMILES string of the molecule is C=CCNC(C)C(O)c1ccc(NC(=O)CC)cc1. The number of aliphatic hydroxyl groups excluding tert-OH is 1. The van der Waals surface area contributed by atoms with E-state index in [1.165, 1.54) is 0 Å². The van der Waals surface area contributed by atoms with Crippen LogP contribution in [0, 0.1) is 0 Å². The fourth-order valence-corrected chi connectivity index (χ4v) is 1.68. The summed E-state index contributed by atoms with van der Waals surface area (Å²) in [4.78, 5) is 11.2. The van der Waals surface area contributed by atoms with Gasteiger partial charge in [0.2, 0.25) is 5.91 Å². The van der Waals surface area contributed by atoms with Crippen LogP contribution in [0.2, 0.25) is 0 Å². The molecule has 104 valence electrons. The summed E-state index contributed by atoms with van der Waals surface area (Å²) in [6.45, 7) is 8.01. The van der Waals surface area contributed by atoms with Gasteiger partial charge in [-0.05, 0) is 24.6 Å². The zero-order valence-electron chi connectivity index (χ0n) is 11.5. The van der Waals surface area contributed by atoms with Crippen molar-refractivity contribution < 1.29 is 9.90 Å². The number of carbonyl (C=O) groups excluding carboxylic acids is 1. The van der Waals surface area contributed by atoms with Crippen molar-refractivity contribution in [2.75, 3.05) is 11.9 Å². The summed E-state index contributed by atoms with van der Waals surface area (Å²) in [7, 11) is 0.